The van der Waals surface area contributed by atoms with Gasteiger partial charge >= 0.3 is 0 Å². The summed E-state index contributed by atoms with van der Waals surface area (Å²) in [6.07, 6.45) is 0. The van der Waals surface area contributed by atoms with Gasteiger partial charge in [-0.1, -0.05) is 72.8 Å². The number of para-hydroxylation sites is 1. The van der Waals surface area contributed by atoms with Gasteiger partial charge in [-0.2, -0.15) is 0 Å². The zero-order valence-corrected chi connectivity index (χ0v) is 25.1. The summed E-state index contributed by atoms with van der Waals surface area (Å²) < 4.78 is 11.6. The predicted molar refractivity (Wildman–Crippen MR) is 192 cm³/mol. The molecule has 7 aromatic carbocycles. The second-order valence-electron chi connectivity index (χ2n) is 11.3. The van der Waals surface area contributed by atoms with Crippen LogP contribution < -0.4 is 4.90 Å². The first-order valence-electron chi connectivity index (χ1n) is 14.8. The first kappa shape index (κ1) is 24.3. The molecule has 206 valence electrons. The Morgan fingerprint density at radius 3 is 1.84 bits per heavy atom. The molecule has 0 saturated carbocycles. The van der Waals surface area contributed by atoms with Gasteiger partial charge in [-0.15, -0.1) is 22.7 Å². The van der Waals surface area contributed by atoms with E-state index < -0.39 is 0 Å². The van der Waals surface area contributed by atoms with Crippen molar-refractivity contribution >= 4 is 113 Å². The van der Waals surface area contributed by atoms with Crippen molar-refractivity contribution in [2.75, 3.05) is 4.90 Å². The molecule has 0 N–H and O–H groups in total. The zero-order chi connectivity index (χ0) is 28.8. The number of anilines is 3. The van der Waals surface area contributed by atoms with Gasteiger partial charge < -0.3 is 9.32 Å². The van der Waals surface area contributed by atoms with Gasteiger partial charge in [0.25, 0.3) is 0 Å². The minimum atomic E-state index is 0.893. The molecule has 0 fully saturated rings. The lowest BCUT2D eigenvalue weighted by molar-refractivity contribution is 0.669. The Kier molecular flexibility index (Phi) is 5.06. The quantitative estimate of drug-likeness (QED) is 0.201. The SMILES string of the molecule is c1ccc2c(c1)ccc1c3cc(N(c4ccc5c(c4)oc4ccccc45)c4ccc5sc6ccccc6c5c4)ccc3sc21. The molecule has 4 heteroatoms. The Hall–Kier alpha value is -5.16. The van der Waals surface area contributed by atoms with Crippen molar-refractivity contribution in [1.29, 1.82) is 0 Å². The summed E-state index contributed by atoms with van der Waals surface area (Å²) >= 11 is 3.73. The summed E-state index contributed by atoms with van der Waals surface area (Å²) in [6.45, 7) is 0. The fraction of sp³-hybridized carbons (Fsp3) is 0. The van der Waals surface area contributed by atoms with Crippen molar-refractivity contribution in [3.8, 4) is 0 Å². The first-order valence-corrected chi connectivity index (χ1v) is 16.4. The summed E-state index contributed by atoms with van der Waals surface area (Å²) in [5.74, 6) is 0. The molecule has 10 aromatic rings. The van der Waals surface area contributed by atoms with Crippen LogP contribution in [0.5, 0.6) is 0 Å². The molecule has 0 aliphatic rings. The van der Waals surface area contributed by atoms with Gasteiger partial charge in [-0.05, 0) is 71.4 Å². The monoisotopic (exact) mass is 597 g/mol. The van der Waals surface area contributed by atoms with Crippen LogP contribution in [0.25, 0.3) is 73.1 Å². The molecule has 0 unspecified atom stereocenters. The number of furan rings is 1. The fourth-order valence-corrected chi connectivity index (χ4v) is 9.09. The molecule has 0 atom stereocenters. The van der Waals surface area contributed by atoms with Gasteiger partial charge in [-0.25, -0.2) is 0 Å². The summed E-state index contributed by atoms with van der Waals surface area (Å²) in [5.41, 5.74) is 5.13. The molecule has 44 heavy (non-hydrogen) atoms. The fourth-order valence-electron chi connectivity index (χ4n) is 6.79. The van der Waals surface area contributed by atoms with Crippen molar-refractivity contribution in [2.24, 2.45) is 0 Å². The topological polar surface area (TPSA) is 16.4 Å². The molecule has 2 nitrogen and oxygen atoms in total. The standard InChI is InChI=1S/C40H23NOS2/c1-2-8-28-24(7-1)13-17-32-34-22-26(16-20-39(34)44-40(28)32)41(25-15-19-38-33(21-25)31-10-4-6-12-37(31)43-38)27-14-18-30-29-9-3-5-11-35(29)42-36(30)23-27/h1-23H. The molecule has 3 aromatic heterocycles. The minimum absolute atomic E-state index is 0.893. The Morgan fingerprint density at radius 2 is 0.977 bits per heavy atom. The van der Waals surface area contributed by atoms with Crippen molar-refractivity contribution in [1.82, 2.24) is 0 Å². The second-order valence-corrected chi connectivity index (χ2v) is 13.5. The highest BCUT2D eigenvalue weighted by molar-refractivity contribution is 7.26. The molecule has 10 rings (SSSR count). The highest BCUT2D eigenvalue weighted by Crippen LogP contribution is 2.45. The molecule has 3 heterocycles. The summed E-state index contributed by atoms with van der Waals surface area (Å²) in [5, 5.41) is 10.0. The van der Waals surface area contributed by atoms with Gasteiger partial charge in [0.1, 0.15) is 11.2 Å². The first-order chi connectivity index (χ1) is 21.8. The van der Waals surface area contributed by atoms with Gasteiger partial charge in [0, 0.05) is 74.2 Å². The van der Waals surface area contributed by atoms with E-state index in [1.54, 1.807) is 0 Å². The largest absolute Gasteiger partial charge is 0.456 e. The number of fused-ring (bicyclic) bond motifs is 11. The zero-order valence-electron chi connectivity index (χ0n) is 23.5. The Labute approximate surface area is 260 Å². The van der Waals surface area contributed by atoms with E-state index in [1.807, 2.05) is 34.8 Å². The number of hydrogen-bond acceptors (Lipinski definition) is 4. The van der Waals surface area contributed by atoms with Crippen LogP contribution in [0.15, 0.2) is 144 Å². The molecule has 0 aliphatic carbocycles. The number of hydrogen-bond donors (Lipinski definition) is 0. The van der Waals surface area contributed by atoms with Crippen LogP contribution in [-0.2, 0) is 0 Å². The van der Waals surface area contributed by atoms with E-state index in [0.717, 1.165) is 39.0 Å². The van der Waals surface area contributed by atoms with Crippen LogP contribution in [0, 0.1) is 0 Å². The van der Waals surface area contributed by atoms with Crippen molar-refractivity contribution in [2.45, 2.75) is 0 Å². The lowest BCUT2D eigenvalue weighted by atomic mass is 10.0. The van der Waals surface area contributed by atoms with Crippen LogP contribution in [0.3, 0.4) is 0 Å². The van der Waals surface area contributed by atoms with E-state index in [1.165, 1.54) is 51.1 Å². The van der Waals surface area contributed by atoms with Gasteiger partial charge in [-0.3, -0.25) is 0 Å². The third-order valence-corrected chi connectivity index (χ3v) is 11.2. The third kappa shape index (κ3) is 3.53. The van der Waals surface area contributed by atoms with E-state index in [-0.39, 0.29) is 0 Å². The van der Waals surface area contributed by atoms with E-state index >= 15 is 0 Å². The lowest BCUT2D eigenvalue weighted by Crippen LogP contribution is -2.09. The second kappa shape index (κ2) is 9.17. The molecule has 0 spiro atoms. The van der Waals surface area contributed by atoms with Gasteiger partial charge in [0.2, 0.25) is 0 Å². The maximum Gasteiger partial charge on any atom is 0.137 e. The molecule has 0 amide bonds. The maximum absolute atomic E-state index is 6.36. The van der Waals surface area contributed by atoms with Crippen LogP contribution in [0.4, 0.5) is 17.1 Å². The van der Waals surface area contributed by atoms with Crippen LogP contribution in [0.1, 0.15) is 0 Å². The normalized spacial score (nSPS) is 12.1. The van der Waals surface area contributed by atoms with Crippen LogP contribution in [0.2, 0.25) is 0 Å². The molecular formula is C40H23NOS2. The Balaban J connectivity index is 1.23. The average molecular weight is 598 g/mol. The average Bonchev–Trinajstić information content (AvgIpc) is 3.75. The van der Waals surface area contributed by atoms with Crippen LogP contribution in [-0.4, -0.2) is 0 Å². The predicted octanol–water partition coefficient (Wildman–Crippen LogP) is 12.9. The Bertz CT molecular complexity index is 2750. The van der Waals surface area contributed by atoms with E-state index in [9.17, 15) is 0 Å². The molecular weight excluding hydrogens is 575 g/mol. The van der Waals surface area contributed by atoms with Crippen LogP contribution >= 0.6 is 22.7 Å². The van der Waals surface area contributed by atoms with Crippen molar-refractivity contribution in [3.05, 3.63) is 140 Å². The highest BCUT2D eigenvalue weighted by atomic mass is 32.1. The third-order valence-electron chi connectivity index (χ3n) is 8.84. The van der Waals surface area contributed by atoms with E-state index in [4.69, 9.17) is 4.42 Å². The number of nitrogens with zero attached hydrogens (tertiary/aromatic N) is 1. The molecule has 0 bridgehead atoms. The lowest BCUT2D eigenvalue weighted by Gasteiger charge is -2.26. The van der Waals surface area contributed by atoms with Crippen molar-refractivity contribution in [3.63, 3.8) is 0 Å². The molecule has 0 saturated heterocycles. The smallest absolute Gasteiger partial charge is 0.137 e. The van der Waals surface area contributed by atoms with E-state index in [2.05, 4.69) is 132 Å². The minimum Gasteiger partial charge on any atom is -0.456 e. The summed E-state index contributed by atoms with van der Waals surface area (Å²) in [6, 6.07) is 50.6. The number of rotatable bonds is 3. The number of thiophene rings is 2. The number of benzene rings is 7. The Morgan fingerprint density at radius 1 is 0.386 bits per heavy atom. The maximum atomic E-state index is 6.36. The van der Waals surface area contributed by atoms with Gasteiger partial charge in [0.05, 0.1) is 0 Å². The molecule has 0 aliphatic heterocycles. The van der Waals surface area contributed by atoms with E-state index in [0.29, 0.717) is 0 Å². The summed E-state index contributed by atoms with van der Waals surface area (Å²) in [4.78, 5) is 2.38. The molecule has 0 radical (unpaired) electrons. The van der Waals surface area contributed by atoms with Gasteiger partial charge in [0.15, 0.2) is 0 Å². The summed E-state index contributed by atoms with van der Waals surface area (Å²) in [7, 11) is 0. The highest BCUT2D eigenvalue weighted by Gasteiger charge is 2.19. The van der Waals surface area contributed by atoms with Crippen molar-refractivity contribution < 1.29 is 4.42 Å².